The summed E-state index contributed by atoms with van der Waals surface area (Å²) < 4.78 is 23.1. The molecule has 0 saturated carbocycles. The number of amides is 2. The van der Waals surface area contributed by atoms with Crippen molar-refractivity contribution in [1.29, 1.82) is 0 Å². The number of furan rings is 1. The summed E-state index contributed by atoms with van der Waals surface area (Å²) in [6.45, 7) is 7.49. The van der Waals surface area contributed by atoms with Crippen molar-refractivity contribution in [3.63, 3.8) is 0 Å². The third kappa shape index (κ3) is 4.73. The number of halogens is 1. The second-order valence-electron chi connectivity index (χ2n) is 7.52. The van der Waals surface area contributed by atoms with E-state index >= 15 is 0 Å². The van der Waals surface area contributed by atoms with Crippen LogP contribution in [-0.4, -0.2) is 26.9 Å². The van der Waals surface area contributed by atoms with Gasteiger partial charge < -0.3 is 9.73 Å². The van der Waals surface area contributed by atoms with Gasteiger partial charge in [-0.15, -0.1) is 5.10 Å². The van der Waals surface area contributed by atoms with Crippen LogP contribution in [0.25, 0.3) is 0 Å². The first-order valence-corrected chi connectivity index (χ1v) is 10.3. The molecule has 158 valence electrons. The van der Waals surface area contributed by atoms with Crippen LogP contribution in [0.5, 0.6) is 0 Å². The van der Waals surface area contributed by atoms with E-state index < -0.39 is 29.2 Å². The van der Waals surface area contributed by atoms with Gasteiger partial charge in [0, 0.05) is 16.6 Å². The molecule has 1 N–H and O–H groups in total. The van der Waals surface area contributed by atoms with E-state index in [1.807, 2.05) is 20.8 Å². The Bertz CT molecular complexity index is 1020. The van der Waals surface area contributed by atoms with E-state index in [1.54, 1.807) is 19.1 Å². The molecule has 0 aliphatic heterocycles. The largest absolute Gasteiger partial charge is 0.464 e. The molecular formula is C21H23FN4O3S. The Labute approximate surface area is 178 Å². The minimum absolute atomic E-state index is 0.0835. The molecule has 2 amide bonds. The zero-order valence-electron chi connectivity index (χ0n) is 17.2. The van der Waals surface area contributed by atoms with Gasteiger partial charge in [0.1, 0.15) is 17.3 Å². The van der Waals surface area contributed by atoms with Gasteiger partial charge in [-0.3, -0.25) is 14.5 Å². The zero-order valence-corrected chi connectivity index (χ0v) is 18.0. The Kier molecular flexibility index (Phi) is 6.31. The van der Waals surface area contributed by atoms with Crippen molar-refractivity contribution in [3.05, 3.63) is 64.8 Å². The minimum Gasteiger partial charge on any atom is -0.464 e. The van der Waals surface area contributed by atoms with Crippen molar-refractivity contribution >= 4 is 29.0 Å². The number of aryl methyl sites for hydroxylation is 1. The molecule has 0 saturated heterocycles. The van der Waals surface area contributed by atoms with Crippen LogP contribution in [0.3, 0.4) is 0 Å². The first-order chi connectivity index (χ1) is 14.2. The molecular weight excluding hydrogens is 407 g/mol. The minimum atomic E-state index is -1.12. The molecule has 2 heterocycles. The highest BCUT2D eigenvalue weighted by Gasteiger charge is 2.38. The predicted octanol–water partition coefficient (Wildman–Crippen LogP) is 4.27. The first kappa shape index (κ1) is 21.6. The number of carbonyl (C=O) groups is 2. The maximum Gasteiger partial charge on any atom is 0.280 e. The third-order valence-corrected chi connectivity index (χ3v) is 5.29. The summed E-state index contributed by atoms with van der Waals surface area (Å²) in [6.07, 6.45) is 0.684. The Morgan fingerprint density at radius 3 is 2.47 bits per heavy atom. The molecule has 3 aromatic rings. The zero-order chi connectivity index (χ0) is 21.9. The van der Waals surface area contributed by atoms with Gasteiger partial charge in [-0.2, -0.15) is 0 Å². The molecule has 2 aromatic heterocycles. The van der Waals surface area contributed by atoms with E-state index in [0.29, 0.717) is 17.9 Å². The second kappa shape index (κ2) is 8.74. The highest BCUT2D eigenvalue weighted by atomic mass is 32.1. The highest BCUT2D eigenvalue weighted by Crippen LogP contribution is 2.31. The molecule has 1 aromatic carbocycles. The quantitative estimate of drug-likeness (QED) is 0.605. The summed E-state index contributed by atoms with van der Waals surface area (Å²) in [4.78, 5) is 28.0. The van der Waals surface area contributed by atoms with E-state index in [0.717, 1.165) is 11.5 Å². The van der Waals surface area contributed by atoms with Crippen molar-refractivity contribution in [3.8, 4) is 0 Å². The van der Waals surface area contributed by atoms with Crippen LogP contribution in [-0.2, 0) is 4.79 Å². The van der Waals surface area contributed by atoms with Gasteiger partial charge in [-0.1, -0.05) is 11.4 Å². The van der Waals surface area contributed by atoms with Crippen LogP contribution in [0.15, 0.2) is 46.2 Å². The lowest BCUT2D eigenvalue weighted by Crippen LogP contribution is -2.50. The van der Waals surface area contributed by atoms with Crippen molar-refractivity contribution in [2.45, 2.75) is 45.7 Å². The van der Waals surface area contributed by atoms with Crippen molar-refractivity contribution in [1.82, 2.24) is 14.9 Å². The molecule has 7 nitrogen and oxygen atoms in total. The van der Waals surface area contributed by atoms with Crippen molar-refractivity contribution in [2.24, 2.45) is 0 Å². The average Bonchev–Trinajstić information content (AvgIpc) is 3.38. The number of benzene rings is 1. The van der Waals surface area contributed by atoms with Crippen LogP contribution in [0.2, 0.25) is 0 Å². The number of carbonyl (C=O) groups excluding carboxylic acids is 2. The molecule has 0 aliphatic rings. The Balaban J connectivity index is 2.13. The van der Waals surface area contributed by atoms with Gasteiger partial charge in [0.2, 0.25) is 0 Å². The monoisotopic (exact) mass is 430 g/mol. The Hall–Kier alpha value is -3.07. The predicted molar refractivity (Wildman–Crippen MR) is 112 cm³/mol. The molecule has 0 bridgehead atoms. The van der Waals surface area contributed by atoms with Gasteiger partial charge in [0.05, 0.1) is 0 Å². The SMILES string of the molecule is CCC(C)(C)NC(=O)[C@@H](c1ccc(C)o1)N(C(=O)c1csnn1)c1ccc(F)cc1. The molecule has 0 radical (unpaired) electrons. The van der Waals surface area contributed by atoms with Gasteiger partial charge in [-0.25, -0.2) is 4.39 Å². The molecule has 0 aliphatic carbocycles. The fourth-order valence-corrected chi connectivity index (χ4v) is 3.26. The number of anilines is 1. The number of hydrogen-bond acceptors (Lipinski definition) is 6. The third-order valence-electron chi connectivity index (χ3n) is 4.79. The van der Waals surface area contributed by atoms with Crippen LogP contribution in [0.1, 0.15) is 55.2 Å². The lowest BCUT2D eigenvalue weighted by Gasteiger charge is -2.33. The molecule has 3 rings (SSSR count). The number of rotatable bonds is 7. The number of nitrogens with zero attached hydrogens (tertiary/aromatic N) is 3. The maximum atomic E-state index is 13.6. The molecule has 0 fully saturated rings. The summed E-state index contributed by atoms with van der Waals surface area (Å²) in [6, 6.07) is 7.59. The molecule has 1 atom stereocenters. The standard InChI is InChI=1S/C21H23FN4O3S/c1-5-21(3,4)23-19(27)18(17-11-6-13(2)29-17)26(15-9-7-14(22)8-10-15)20(28)16-12-30-25-24-16/h6-12,18H,5H2,1-4H3,(H,23,27)/t18-/m1/s1. The van der Waals surface area contributed by atoms with Gasteiger partial charge in [0.25, 0.3) is 11.8 Å². The van der Waals surface area contributed by atoms with Crippen LogP contribution >= 0.6 is 11.5 Å². The Morgan fingerprint density at radius 2 is 1.93 bits per heavy atom. The lowest BCUT2D eigenvalue weighted by molar-refractivity contribution is -0.124. The van der Waals surface area contributed by atoms with Crippen molar-refractivity contribution in [2.75, 3.05) is 4.90 Å². The average molecular weight is 431 g/mol. The summed E-state index contributed by atoms with van der Waals surface area (Å²) in [5.41, 5.74) is -0.0884. The van der Waals surface area contributed by atoms with Crippen LogP contribution in [0.4, 0.5) is 10.1 Å². The van der Waals surface area contributed by atoms with E-state index in [1.165, 1.54) is 34.5 Å². The maximum absolute atomic E-state index is 13.6. The first-order valence-electron chi connectivity index (χ1n) is 9.46. The topological polar surface area (TPSA) is 88.3 Å². The fraction of sp³-hybridized carbons (Fsp3) is 0.333. The van der Waals surface area contributed by atoms with E-state index in [4.69, 9.17) is 4.42 Å². The molecule has 30 heavy (non-hydrogen) atoms. The smallest absolute Gasteiger partial charge is 0.280 e. The summed E-state index contributed by atoms with van der Waals surface area (Å²) in [7, 11) is 0. The van der Waals surface area contributed by atoms with Crippen LogP contribution in [0, 0.1) is 12.7 Å². The lowest BCUT2D eigenvalue weighted by atomic mass is 10.0. The van der Waals surface area contributed by atoms with Gasteiger partial charge in [-0.05, 0) is 75.1 Å². The summed E-state index contributed by atoms with van der Waals surface area (Å²) >= 11 is 1.02. The second-order valence-corrected chi connectivity index (χ2v) is 8.13. The van der Waals surface area contributed by atoms with Crippen LogP contribution < -0.4 is 10.2 Å². The summed E-state index contributed by atoms with van der Waals surface area (Å²) in [5, 5.41) is 8.32. The normalized spacial score (nSPS) is 12.4. The van der Waals surface area contributed by atoms with Gasteiger partial charge >= 0.3 is 0 Å². The fourth-order valence-electron chi connectivity index (χ4n) is 2.83. The number of nitrogens with one attached hydrogen (secondary N) is 1. The van der Waals surface area contributed by atoms with E-state index in [-0.39, 0.29) is 11.5 Å². The molecule has 0 spiro atoms. The summed E-state index contributed by atoms with van der Waals surface area (Å²) in [5.74, 6) is -0.531. The van der Waals surface area contributed by atoms with Gasteiger partial charge in [0.15, 0.2) is 11.7 Å². The molecule has 0 unspecified atom stereocenters. The van der Waals surface area contributed by atoms with Crippen molar-refractivity contribution < 1.29 is 18.4 Å². The number of aromatic nitrogens is 2. The highest BCUT2D eigenvalue weighted by molar-refractivity contribution is 7.03. The molecule has 9 heteroatoms. The van der Waals surface area contributed by atoms with E-state index in [9.17, 15) is 14.0 Å². The van der Waals surface area contributed by atoms with E-state index in [2.05, 4.69) is 14.9 Å². The number of hydrogen-bond donors (Lipinski definition) is 1. The Morgan fingerprint density at radius 1 is 1.23 bits per heavy atom.